The van der Waals surface area contributed by atoms with Gasteiger partial charge in [-0.3, -0.25) is 0 Å². The summed E-state index contributed by atoms with van der Waals surface area (Å²) < 4.78 is 46.3. The Hall–Kier alpha value is -2.49. The molecule has 3 rings (SSSR count). The number of hydrogen-bond acceptors (Lipinski definition) is 6. The van der Waals surface area contributed by atoms with Crippen LogP contribution in [0.2, 0.25) is 0 Å². The molecule has 28 heavy (non-hydrogen) atoms. The number of nitrogens with zero attached hydrogens (tertiary/aromatic N) is 3. The van der Waals surface area contributed by atoms with Crippen molar-refractivity contribution in [2.24, 2.45) is 0 Å². The van der Waals surface area contributed by atoms with E-state index in [2.05, 4.69) is 15.4 Å². The van der Waals surface area contributed by atoms with Gasteiger partial charge in [-0.15, -0.1) is 0 Å². The van der Waals surface area contributed by atoms with Crippen molar-refractivity contribution in [3.63, 3.8) is 0 Å². The van der Waals surface area contributed by atoms with E-state index in [1.807, 2.05) is 6.92 Å². The largest absolute Gasteiger partial charge is 0.461 e. The zero-order valence-corrected chi connectivity index (χ0v) is 16.1. The Kier molecular flexibility index (Phi) is 5.97. The van der Waals surface area contributed by atoms with Gasteiger partial charge in [0.2, 0.25) is 5.95 Å². The number of thioether (sulfide) groups is 1. The maximum Gasteiger partial charge on any atom is 0.416 e. The van der Waals surface area contributed by atoms with Crippen LogP contribution in [0.4, 0.5) is 19.1 Å². The van der Waals surface area contributed by atoms with E-state index in [0.717, 1.165) is 17.9 Å². The molecule has 1 aromatic heterocycles. The third-order valence-corrected chi connectivity index (χ3v) is 5.07. The minimum Gasteiger partial charge on any atom is -0.461 e. The summed E-state index contributed by atoms with van der Waals surface area (Å²) in [5.41, 5.74) is 0.155. The van der Waals surface area contributed by atoms with Gasteiger partial charge in [-0.25, -0.2) is 9.48 Å². The first kappa shape index (κ1) is 20.2. The molecule has 0 aliphatic carbocycles. The molecule has 0 bridgehead atoms. The number of alkyl halides is 3. The van der Waals surface area contributed by atoms with E-state index in [1.165, 1.54) is 23.1 Å². The van der Waals surface area contributed by atoms with Crippen molar-refractivity contribution >= 4 is 23.7 Å². The molecule has 6 nitrogen and oxygen atoms in total. The van der Waals surface area contributed by atoms with Gasteiger partial charge in [-0.2, -0.15) is 35.0 Å². The third-order valence-electron chi connectivity index (χ3n) is 4.21. The topological polar surface area (TPSA) is 69.0 Å². The minimum absolute atomic E-state index is 0.207. The number of fused-ring (bicyclic) bond motifs is 1. The molecule has 1 N–H and O–H groups in total. The first-order chi connectivity index (χ1) is 13.3. The van der Waals surface area contributed by atoms with E-state index < -0.39 is 23.8 Å². The lowest BCUT2D eigenvalue weighted by molar-refractivity contribution is -0.139. The fraction of sp³-hybridized carbons (Fsp3) is 0.389. The fourth-order valence-corrected chi connectivity index (χ4v) is 3.45. The molecule has 1 unspecified atom stereocenters. The van der Waals surface area contributed by atoms with Gasteiger partial charge in [0.05, 0.1) is 11.1 Å². The van der Waals surface area contributed by atoms with Gasteiger partial charge in [0, 0.05) is 11.4 Å². The van der Waals surface area contributed by atoms with Crippen LogP contribution < -0.4 is 5.32 Å². The van der Waals surface area contributed by atoms with E-state index in [0.29, 0.717) is 17.4 Å². The maximum atomic E-state index is 13.2. The van der Waals surface area contributed by atoms with Crippen LogP contribution in [0.5, 0.6) is 0 Å². The lowest BCUT2D eigenvalue weighted by atomic mass is 9.94. The number of nitrogens with one attached hydrogen (secondary N) is 1. The number of hydrogen-bond donors (Lipinski definition) is 1. The van der Waals surface area contributed by atoms with Crippen molar-refractivity contribution in [2.75, 3.05) is 23.4 Å². The minimum atomic E-state index is -4.50. The van der Waals surface area contributed by atoms with Gasteiger partial charge in [0.25, 0.3) is 0 Å². The van der Waals surface area contributed by atoms with Crippen LogP contribution in [0.15, 0.2) is 41.9 Å². The van der Waals surface area contributed by atoms with Gasteiger partial charge < -0.3 is 10.1 Å². The first-order valence-corrected chi connectivity index (χ1v) is 9.77. The standard InChI is InChI=1S/C18H19F3N4O2S/c1-3-28-8-7-27-16(26)14-11(2)24-17-22-10-23-25(17)15(14)12-5-4-6-13(9-12)18(19,20)21/h4-6,9-10,15H,3,7-8H2,1-2H3,(H,22,23,24). The van der Waals surface area contributed by atoms with Crippen LogP contribution in [0.1, 0.15) is 31.0 Å². The van der Waals surface area contributed by atoms with Crippen LogP contribution >= 0.6 is 11.8 Å². The Labute approximate surface area is 164 Å². The molecule has 1 aliphatic heterocycles. The van der Waals surface area contributed by atoms with Crippen molar-refractivity contribution in [1.29, 1.82) is 0 Å². The van der Waals surface area contributed by atoms with E-state index in [-0.39, 0.29) is 17.7 Å². The molecule has 0 amide bonds. The second-order valence-electron chi connectivity index (χ2n) is 6.05. The molecule has 0 saturated heterocycles. The molecule has 1 aliphatic rings. The molecular formula is C18H19F3N4O2S. The van der Waals surface area contributed by atoms with Crippen LogP contribution in [0.25, 0.3) is 0 Å². The Morgan fingerprint density at radius 1 is 1.39 bits per heavy atom. The van der Waals surface area contributed by atoms with Crippen LogP contribution in [0, 0.1) is 0 Å². The lowest BCUT2D eigenvalue weighted by Gasteiger charge is -2.28. The predicted octanol–water partition coefficient (Wildman–Crippen LogP) is 3.88. The quantitative estimate of drug-likeness (QED) is 0.574. The monoisotopic (exact) mass is 412 g/mol. The molecule has 1 aromatic carbocycles. The third kappa shape index (κ3) is 4.16. The summed E-state index contributed by atoms with van der Waals surface area (Å²) in [6.45, 7) is 3.88. The summed E-state index contributed by atoms with van der Waals surface area (Å²) in [5, 5.41) is 7.06. The molecule has 2 heterocycles. The van der Waals surface area contributed by atoms with Gasteiger partial charge in [0.1, 0.15) is 19.0 Å². The lowest BCUT2D eigenvalue weighted by Crippen LogP contribution is -2.30. The molecule has 1 atom stereocenters. The number of rotatable bonds is 6. The van der Waals surface area contributed by atoms with Gasteiger partial charge in [0.15, 0.2) is 0 Å². The van der Waals surface area contributed by atoms with Crippen molar-refractivity contribution in [3.8, 4) is 0 Å². The second-order valence-corrected chi connectivity index (χ2v) is 7.44. The normalized spacial score (nSPS) is 16.5. The molecule has 0 radical (unpaired) electrons. The Bertz CT molecular complexity index is 895. The molecule has 2 aromatic rings. The highest BCUT2D eigenvalue weighted by atomic mass is 32.2. The summed E-state index contributed by atoms with van der Waals surface area (Å²) >= 11 is 1.63. The van der Waals surface area contributed by atoms with E-state index in [9.17, 15) is 18.0 Å². The SMILES string of the molecule is CCSCCOC(=O)C1=C(C)Nc2ncnn2C1c1cccc(C(F)(F)F)c1. The number of halogens is 3. The molecule has 0 spiro atoms. The highest BCUT2D eigenvalue weighted by Gasteiger charge is 2.36. The fourth-order valence-electron chi connectivity index (χ4n) is 2.96. The van der Waals surface area contributed by atoms with Crippen LogP contribution in [0.3, 0.4) is 0 Å². The zero-order chi connectivity index (χ0) is 20.3. The van der Waals surface area contributed by atoms with Gasteiger partial charge in [-0.1, -0.05) is 19.1 Å². The number of anilines is 1. The first-order valence-electron chi connectivity index (χ1n) is 8.62. The van der Waals surface area contributed by atoms with Crippen molar-refractivity contribution in [3.05, 3.63) is 53.0 Å². The predicted molar refractivity (Wildman–Crippen MR) is 99.9 cm³/mol. The average Bonchev–Trinajstić information content (AvgIpc) is 3.11. The van der Waals surface area contributed by atoms with Crippen molar-refractivity contribution < 1.29 is 22.7 Å². The van der Waals surface area contributed by atoms with Crippen molar-refractivity contribution in [2.45, 2.75) is 26.1 Å². The maximum absolute atomic E-state index is 13.2. The van der Waals surface area contributed by atoms with Crippen molar-refractivity contribution in [1.82, 2.24) is 14.8 Å². The average molecular weight is 412 g/mol. The summed E-state index contributed by atoms with van der Waals surface area (Å²) in [4.78, 5) is 16.8. The Morgan fingerprint density at radius 3 is 2.89 bits per heavy atom. The van der Waals surface area contributed by atoms with E-state index >= 15 is 0 Å². The van der Waals surface area contributed by atoms with Crippen LogP contribution in [-0.2, 0) is 15.7 Å². The van der Waals surface area contributed by atoms with Gasteiger partial charge >= 0.3 is 12.1 Å². The Morgan fingerprint density at radius 2 is 2.18 bits per heavy atom. The number of ether oxygens (including phenoxy) is 1. The molecule has 0 fully saturated rings. The summed E-state index contributed by atoms with van der Waals surface area (Å²) in [7, 11) is 0. The number of carbonyl (C=O) groups excluding carboxylic acids is 1. The molecule has 10 heteroatoms. The van der Waals surface area contributed by atoms with Gasteiger partial charge in [-0.05, 0) is 30.4 Å². The highest BCUT2D eigenvalue weighted by Crippen LogP contribution is 2.37. The number of esters is 1. The molecular weight excluding hydrogens is 393 g/mol. The highest BCUT2D eigenvalue weighted by molar-refractivity contribution is 7.99. The summed E-state index contributed by atoms with van der Waals surface area (Å²) in [5.74, 6) is 1.30. The Balaban J connectivity index is 1.99. The number of allylic oxidation sites excluding steroid dienone is 1. The zero-order valence-electron chi connectivity index (χ0n) is 15.3. The molecule has 0 saturated carbocycles. The van der Waals surface area contributed by atoms with Crippen LogP contribution in [-0.4, -0.2) is 38.8 Å². The van der Waals surface area contributed by atoms with E-state index in [4.69, 9.17) is 4.74 Å². The number of aromatic nitrogens is 3. The summed E-state index contributed by atoms with van der Waals surface area (Å²) in [6.07, 6.45) is -3.21. The summed E-state index contributed by atoms with van der Waals surface area (Å²) in [6, 6.07) is 3.99. The number of carbonyl (C=O) groups is 1. The number of benzene rings is 1. The molecule has 150 valence electrons. The second kappa shape index (κ2) is 8.26. The smallest absolute Gasteiger partial charge is 0.416 e. The van der Waals surface area contributed by atoms with E-state index in [1.54, 1.807) is 18.7 Å².